The molecule has 0 saturated heterocycles. The molecule has 2 aromatic carbocycles. The highest BCUT2D eigenvalue weighted by Crippen LogP contribution is 2.34. The van der Waals surface area contributed by atoms with E-state index in [1.54, 1.807) is 42.5 Å². The third-order valence-electron chi connectivity index (χ3n) is 2.48. The number of nitrogen functional groups attached to an aromatic ring is 2. The van der Waals surface area contributed by atoms with Gasteiger partial charge in [-0.1, -0.05) is 24.3 Å². The first-order chi connectivity index (χ1) is 8.61. The minimum atomic E-state index is -2.23. The van der Waals surface area contributed by atoms with Gasteiger partial charge in [0.15, 0.2) is 0 Å². The summed E-state index contributed by atoms with van der Waals surface area (Å²) >= 11 is -2.23. The normalized spacial score (nSPS) is 12.1. The minimum absolute atomic E-state index is 0.281. The van der Waals surface area contributed by atoms with Crippen LogP contribution in [0.25, 0.3) is 0 Å². The molecule has 0 heterocycles. The predicted octanol–water partition coefficient (Wildman–Crippen LogP) is 2.13. The van der Waals surface area contributed by atoms with Gasteiger partial charge in [-0.2, -0.15) is 0 Å². The predicted molar refractivity (Wildman–Crippen MR) is 74.6 cm³/mol. The van der Waals surface area contributed by atoms with E-state index in [2.05, 4.69) is 0 Å². The van der Waals surface area contributed by atoms with Crippen molar-refractivity contribution in [3.63, 3.8) is 0 Å². The molecule has 18 heavy (non-hydrogen) atoms. The van der Waals surface area contributed by atoms with Gasteiger partial charge in [0.25, 0.3) is 11.3 Å². The van der Waals surface area contributed by atoms with Crippen LogP contribution in [-0.2, 0) is 11.3 Å². The lowest BCUT2D eigenvalue weighted by atomic mass is 10.2. The molecular weight excluding hydrogens is 250 g/mol. The highest BCUT2D eigenvalue weighted by Gasteiger charge is 2.18. The first-order valence-corrected chi connectivity index (χ1v) is 6.27. The van der Waals surface area contributed by atoms with Crippen molar-refractivity contribution < 1.29 is 8.76 Å². The first-order valence-electron chi connectivity index (χ1n) is 5.21. The van der Waals surface area contributed by atoms with E-state index >= 15 is 0 Å². The van der Waals surface area contributed by atoms with Crippen molar-refractivity contribution >= 4 is 34.0 Å². The van der Waals surface area contributed by atoms with Gasteiger partial charge < -0.3 is 11.5 Å². The Morgan fingerprint density at radius 1 is 1.00 bits per heavy atom. The fourth-order valence-electron chi connectivity index (χ4n) is 1.62. The smallest absolute Gasteiger partial charge is 0.266 e. The summed E-state index contributed by atoms with van der Waals surface area (Å²) in [4.78, 5) is 0. The Kier molecular flexibility index (Phi) is 3.50. The van der Waals surface area contributed by atoms with E-state index < -0.39 is 11.3 Å². The van der Waals surface area contributed by atoms with Crippen molar-refractivity contribution in [3.8, 4) is 0 Å². The molecule has 0 aliphatic rings. The van der Waals surface area contributed by atoms with Gasteiger partial charge in [0.1, 0.15) is 0 Å². The van der Waals surface area contributed by atoms with E-state index in [9.17, 15) is 8.76 Å². The van der Waals surface area contributed by atoms with Crippen LogP contribution in [0.2, 0.25) is 0 Å². The van der Waals surface area contributed by atoms with Crippen molar-refractivity contribution in [1.29, 1.82) is 0 Å². The molecule has 1 atom stereocenters. The Labute approximate surface area is 107 Å². The molecule has 5 nitrogen and oxygen atoms in total. The molecule has 0 spiro atoms. The molecule has 0 bridgehead atoms. The summed E-state index contributed by atoms with van der Waals surface area (Å²) < 4.78 is 22.2. The van der Waals surface area contributed by atoms with Gasteiger partial charge in [-0.25, -0.2) is 8.51 Å². The van der Waals surface area contributed by atoms with Crippen molar-refractivity contribution in [3.05, 3.63) is 48.5 Å². The summed E-state index contributed by atoms with van der Waals surface area (Å²) in [7, 11) is 0. The topological polar surface area (TPSA) is 92.6 Å². The van der Waals surface area contributed by atoms with E-state index in [-0.39, 0.29) is 5.69 Å². The number of hydrogen-bond acceptors (Lipinski definition) is 3. The third kappa shape index (κ3) is 2.29. The van der Waals surface area contributed by atoms with Gasteiger partial charge in [-0.3, -0.25) is 4.55 Å². The summed E-state index contributed by atoms with van der Waals surface area (Å²) in [6.07, 6.45) is 0. The molecule has 0 aromatic heterocycles. The molecule has 5 N–H and O–H groups in total. The molecule has 0 aliphatic carbocycles. The van der Waals surface area contributed by atoms with E-state index in [0.29, 0.717) is 17.1 Å². The third-order valence-corrected chi connectivity index (χ3v) is 3.20. The monoisotopic (exact) mass is 263 g/mol. The van der Waals surface area contributed by atoms with Gasteiger partial charge in [-0.05, 0) is 24.3 Å². The fourth-order valence-corrected chi connectivity index (χ4v) is 2.25. The number of para-hydroxylation sites is 2. The lowest BCUT2D eigenvalue weighted by Crippen LogP contribution is -2.20. The van der Waals surface area contributed by atoms with E-state index in [4.69, 9.17) is 11.5 Å². The summed E-state index contributed by atoms with van der Waals surface area (Å²) in [5.74, 6) is 0. The molecule has 6 heteroatoms. The summed E-state index contributed by atoms with van der Waals surface area (Å²) in [6, 6.07) is 13.8. The Hall–Kier alpha value is -2.05. The Morgan fingerprint density at radius 3 is 2.28 bits per heavy atom. The van der Waals surface area contributed by atoms with Crippen LogP contribution in [0, 0.1) is 0 Å². The van der Waals surface area contributed by atoms with Crippen molar-refractivity contribution in [2.75, 3.05) is 15.8 Å². The first kappa shape index (κ1) is 12.4. The summed E-state index contributed by atoms with van der Waals surface area (Å²) in [5.41, 5.74) is 13.2. The van der Waals surface area contributed by atoms with Crippen LogP contribution in [0.5, 0.6) is 0 Å². The Bertz CT molecular complexity index is 575. The van der Waals surface area contributed by atoms with Crippen LogP contribution in [-0.4, -0.2) is 8.76 Å². The van der Waals surface area contributed by atoms with Gasteiger partial charge >= 0.3 is 0 Å². The molecular formula is C12H13N3O2S. The SMILES string of the molecule is Nc1cccc(N(c2ccccc2)S(=O)O)c1N. The lowest BCUT2D eigenvalue weighted by Gasteiger charge is -2.22. The van der Waals surface area contributed by atoms with Crippen molar-refractivity contribution in [2.45, 2.75) is 0 Å². The number of hydrogen-bond donors (Lipinski definition) is 3. The molecule has 0 saturated carbocycles. The van der Waals surface area contributed by atoms with Crippen LogP contribution in [0.3, 0.4) is 0 Å². The maximum Gasteiger partial charge on any atom is 0.266 e. The molecule has 0 amide bonds. The highest BCUT2D eigenvalue weighted by molar-refractivity contribution is 7.81. The summed E-state index contributed by atoms with van der Waals surface area (Å²) in [6.45, 7) is 0. The summed E-state index contributed by atoms with van der Waals surface area (Å²) in [5, 5.41) is 0. The molecule has 0 radical (unpaired) electrons. The van der Waals surface area contributed by atoms with Crippen molar-refractivity contribution in [2.24, 2.45) is 0 Å². The average Bonchev–Trinajstić information content (AvgIpc) is 2.36. The van der Waals surface area contributed by atoms with Crippen LogP contribution >= 0.6 is 0 Å². The van der Waals surface area contributed by atoms with Crippen LogP contribution in [0.1, 0.15) is 0 Å². The lowest BCUT2D eigenvalue weighted by molar-refractivity contribution is 0.564. The molecule has 0 fully saturated rings. The van der Waals surface area contributed by atoms with Crippen molar-refractivity contribution in [1.82, 2.24) is 0 Å². The second-order valence-electron chi connectivity index (χ2n) is 3.64. The maximum atomic E-state index is 11.5. The number of rotatable bonds is 3. The Balaban J connectivity index is 2.56. The van der Waals surface area contributed by atoms with Crippen LogP contribution in [0.15, 0.2) is 48.5 Å². The van der Waals surface area contributed by atoms with Gasteiger partial charge in [0.2, 0.25) is 0 Å². The number of nitrogens with zero attached hydrogens (tertiary/aromatic N) is 1. The zero-order chi connectivity index (χ0) is 13.1. The second-order valence-corrected chi connectivity index (χ2v) is 4.47. The van der Waals surface area contributed by atoms with Gasteiger partial charge in [0.05, 0.1) is 22.7 Å². The fraction of sp³-hybridized carbons (Fsp3) is 0. The quantitative estimate of drug-likeness (QED) is 0.584. The Morgan fingerprint density at radius 2 is 1.67 bits per heavy atom. The highest BCUT2D eigenvalue weighted by atomic mass is 32.2. The van der Waals surface area contributed by atoms with Gasteiger partial charge in [0, 0.05) is 0 Å². The zero-order valence-electron chi connectivity index (χ0n) is 9.48. The van der Waals surface area contributed by atoms with E-state index in [1.807, 2.05) is 6.07 Å². The molecule has 0 aliphatic heterocycles. The largest absolute Gasteiger partial charge is 0.397 e. The minimum Gasteiger partial charge on any atom is -0.397 e. The van der Waals surface area contributed by atoms with Gasteiger partial charge in [-0.15, -0.1) is 0 Å². The maximum absolute atomic E-state index is 11.5. The molecule has 2 aromatic rings. The molecule has 1 unspecified atom stereocenters. The number of nitrogens with two attached hydrogens (primary N) is 2. The standard InChI is InChI=1S/C12H13N3O2S/c13-10-7-4-8-11(12(10)14)15(18(16)17)9-5-2-1-3-6-9/h1-8H,13-14H2,(H,16,17). The van der Waals surface area contributed by atoms with E-state index in [0.717, 1.165) is 0 Å². The van der Waals surface area contributed by atoms with Crippen LogP contribution < -0.4 is 15.8 Å². The zero-order valence-corrected chi connectivity index (χ0v) is 10.3. The average molecular weight is 263 g/mol. The number of benzene rings is 2. The number of anilines is 4. The van der Waals surface area contributed by atoms with E-state index in [1.165, 1.54) is 4.31 Å². The van der Waals surface area contributed by atoms with Crippen LogP contribution in [0.4, 0.5) is 22.7 Å². The second kappa shape index (κ2) is 5.07. The molecule has 94 valence electrons. The molecule has 2 rings (SSSR count).